The van der Waals surface area contributed by atoms with E-state index in [9.17, 15) is 4.79 Å². The third-order valence-corrected chi connectivity index (χ3v) is 1.83. The second-order valence-corrected chi connectivity index (χ2v) is 4.97. The lowest BCUT2D eigenvalue weighted by molar-refractivity contribution is 0.0526. The Balaban J connectivity index is 2.72. The maximum absolute atomic E-state index is 11.3. The highest BCUT2D eigenvalue weighted by atomic mass is 35.6. The standard InChI is InChI=1S/C10H9Cl3O3/c1-2-15-9(14)7-3-5-8(6-4-7)16-10(11,12)13/h3-6H,2H2,1H3. The Kier molecular flexibility index (Phi) is 4.71. The Labute approximate surface area is 108 Å². The van der Waals surface area contributed by atoms with Gasteiger partial charge in [-0.25, -0.2) is 4.79 Å². The van der Waals surface area contributed by atoms with Crippen molar-refractivity contribution in [1.29, 1.82) is 0 Å². The molecule has 0 N–H and O–H groups in total. The largest absolute Gasteiger partial charge is 0.462 e. The molecular weight excluding hydrogens is 274 g/mol. The van der Waals surface area contributed by atoms with E-state index in [1.165, 1.54) is 24.3 Å². The van der Waals surface area contributed by atoms with Crippen molar-refractivity contribution >= 4 is 40.8 Å². The third kappa shape index (κ3) is 4.47. The van der Waals surface area contributed by atoms with Gasteiger partial charge in [0.25, 0.3) is 0 Å². The zero-order valence-corrected chi connectivity index (χ0v) is 10.6. The van der Waals surface area contributed by atoms with E-state index >= 15 is 0 Å². The van der Waals surface area contributed by atoms with Crippen molar-refractivity contribution in [3.8, 4) is 5.75 Å². The predicted octanol–water partition coefficient (Wildman–Crippen LogP) is 3.57. The Bertz CT molecular complexity index is 357. The number of hydrogen-bond donors (Lipinski definition) is 0. The van der Waals surface area contributed by atoms with Gasteiger partial charge in [-0.05, 0) is 66.0 Å². The van der Waals surface area contributed by atoms with Crippen molar-refractivity contribution in [2.24, 2.45) is 0 Å². The van der Waals surface area contributed by atoms with Crippen molar-refractivity contribution in [1.82, 2.24) is 0 Å². The van der Waals surface area contributed by atoms with Crippen LogP contribution in [0.15, 0.2) is 24.3 Å². The molecule has 0 spiro atoms. The minimum atomic E-state index is -1.81. The summed E-state index contributed by atoms with van der Waals surface area (Å²) in [5, 5.41) is 0. The van der Waals surface area contributed by atoms with Gasteiger partial charge < -0.3 is 9.47 Å². The molecule has 0 amide bonds. The number of carbonyl (C=O) groups excluding carboxylic acids is 1. The number of carbonyl (C=O) groups is 1. The van der Waals surface area contributed by atoms with Crippen LogP contribution >= 0.6 is 34.8 Å². The average Bonchev–Trinajstić information content (AvgIpc) is 2.16. The second kappa shape index (κ2) is 5.62. The normalized spacial score (nSPS) is 11.0. The number of hydrogen-bond acceptors (Lipinski definition) is 3. The molecule has 0 unspecified atom stereocenters. The first-order chi connectivity index (χ1) is 7.42. The third-order valence-electron chi connectivity index (χ3n) is 1.60. The highest BCUT2D eigenvalue weighted by molar-refractivity contribution is 6.66. The number of ether oxygens (including phenoxy) is 2. The molecule has 6 heteroatoms. The summed E-state index contributed by atoms with van der Waals surface area (Å²) in [6, 6.07) is 6.11. The summed E-state index contributed by atoms with van der Waals surface area (Å²) >= 11 is 16.3. The van der Waals surface area contributed by atoms with Crippen molar-refractivity contribution in [2.45, 2.75) is 10.9 Å². The highest BCUT2D eigenvalue weighted by Crippen LogP contribution is 2.30. The Hall–Kier alpha value is -0.640. The van der Waals surface area contributed by atoms with Crippen molar-refractivity contribution < 1.29 is 14.3 Å². The summed E-state index contributed by atoms with van der Waals surface area (Å²) in [6.45, 7) is 2.06. The SMILES string of the molecule is CCOC(=O)c1ccc(OC(Cl)(Cl)Cl)cc1. The molecule has 88 valence electrons. The van der Waals surface area contributed by atoms with Gasteiger partial charge in [-0.1, -0.05) is 0 Å². The average molecular weight is 284 g/mol. The highest BCUT2D eigenvalue weighted by Gasteiger charge is 2.21. The van der Waals surface area contributed by atoms with Crippen LogP contribution in [0.25, 0.3) is 0 Å². The van der Waals surface area contributed by atoms with Gasteiger partial charge in [0.1, 0.15) is 5.75 Å². The van der Waals surface area contributed by atoms with E-state index in [-0.39, 0.29) is 0 Å². The van der Waals surface area contributed by atoms with E-state index in [4.69, 9.17) is 44.3 Å². The first-order valence-electron chi connectivity index (χ1n) is 4.45. The maximum Gasteiger partial charge on any atom is 0.338 e. The lowest BCUT2D eigenvalue weighted by Crippen LogP contribution is -2.12. The molecule has 1 rings (SSSR count). The van der Waals surface area contributed by atoms with Gasteiger partial charge in [0.05, 0.1) is 12.2 Å². The van der Waals surface area contributed by atoms with Crippen molar-refractivity contribution in [3.05, 3.63) is 29.8 Å². The minimum Gasteiger partial charge on any atom is -0.462 e. The molecule has 0 atom stereocenters. The van der Waals surface area contributed by atoms with Crippen LogP contribution in [-0.2, 0) is 4.74 Å². The van der Waals surface area contributed by atoms with E-state index in [0.29, 0.717) is 17.9 Å². The van der Waals surface area contributed by atoms with E-state index < -0.39 is 9.95 Å². The topological polar surface area (TPSA) is 35.5 Å². The summed E-state index contributed by atoms with van der Waals surface area (Å²) in [5.74, 6) is -0.0454. The minimum absolute atomic E-state index is 0.325. The summed E-state index contributed by atoms with van der Waals surface area (Å²) in [6.07, 6.45) is 0. The first kappa shape index (κ1) is 13.4. The van der Waals surface area contributed by atoms with Crippen LogP contribution in [-0.4, -0.2) is 16.6 Å². The van der Waals surface area contributed by atoms with Crippen LogP contribution in [0.5, 0.6) is 5.75 Å². The van der Waals surface area contributed by atoms with Gasteiger partial charge in [-0.3, -0.25) is 0 Å². The molecule has 0 aliphatic heterocycles. The molecule has 0 aromatic heterocycles. The first-order valence-corrected chi connectivity index (χ1v) is 5.58. The molecule has 0 saturated heterocycles. The number of esters is 1. The van der Waals surface area contributed by atoms with Gasteiger partial charge in [-0.15, -0.1) is 0 Å². The molecule has 16 heavy (non-hydrogen) atoms. The number of benzene rings is 1. The van der Waals surface area contributed by atoms with E-state index in [1.54, 1.807) is 6.92 Å². The second-order valence-electron chi connectivity index (χ2n) is 2.79. The van der Waals surface area contributed by atoms with Crippen LogP contribution < -0.4 is 4.74 Å². The van der Waals surface area contributed by atoms with Crippen LogP contribution in [0, 0.1) is 0 Å². The molecule has 0 aliphatic carbocycles. The van der Waals surface area contributed by atoms with Crippen molar-refractivity contribution in [3.63, 3.8) is 0 Å². The molecule has 3 nitrogen and oxygen atoms in total. The number of alkyl halides is 3. The Morgan fingerprint density at radius 3 is 2.25 bits per heavy atom. The Morgan fingerprint density at radius 1 is 1.25 bits per heavy atom. The van der Waals surface area contributed by atoms with Gasteiger partial charge in [0.15, 0.2) is 0 Å². The Morgan fingerprint density at radius 2 is 1.81 bits per heavy atom. The van der Waals surface area contributed by atoms with Crippen LogP contribution in [0.1, 0.15) is 17.3 Å². The number of rotatable bonds is 3. The fourth-order valence-electron chi connectivity index (χ4n) is 1.01. The molecule has 0 aliphatic rings. The zero-order valence-electron chi connectivity index (χ0n) is 8.38. The quantitative estimate of drug-likeness (QED) is 0.628. The predicted molar refractivity (Wildman–Crippen MR) is 63.3 cm³/mol. The zero-order chi connectivity index (χ0) is 12.2. The molecule has 0 bridgehead atoms. The summed E-state index contributed by atoms with van der Waals surface area (Å²) in [4.78, 5) is 11.3. The van der Waals surface area contributed by atoms with E-state index in [2.05, 4.69) is 0 Å². The molecule has 0 fully saturated rings. The van der Waals surface area contributed by atoms with E-state index in [1.807, 2.05) is 0 Å². The van der Waals surface area contributed by atoms with Gasteiger partial charge in [0.2, 0.25) is 0 Å². The maximum atomic E-state index is 11.3. The smallest absolute Gasteiger partial charge is 0.338 e. The van der Waals surface area contributed by atoms with Crippen molar-refractivity contribution in [2.75, 3.05) is 6.61 Å². The molecular formula is C10H9Cl3O3. The fourth-order valence-corrected chi connectivity index (χ4v) is 1.27. The molecule has 1 aromatic carbocycles. The molecule has 0 heterocycles. The fraction of sp³-hybridized carbons (Fsp3) is 0.300. The van der Waals surface area contributed by atoms with Crippen LogP contribution in [0.3, 0.4) is 0 Å². The van der Waals surface area contributed by atoms with Crippen LogP contribution in [0.2, 0.25) is 0 Å². The summed E-state index contributed by atoms with van der Waals surface area (Å²) < 4.78 is 7.94. The summed E-state index contributed by atoms with van der Waals surface area (Å²) in [7, 11) is 0. The molecule has 0 radical (unpaired) electrons. The van der Waals surface area contributed by atoms with Gasteiger partial charge in [-0.2, -0.15) is 0 Å². The van der Waals surface area contributed by atoms with Gasteiger partial charge in [0, 0.05) is 0 Å². The van der Waals surface area contributed by atoms with E-state index in [0.717, 1.165) is 0 Å². The molecule has 0 saturated carbocycles. The lowest BCUT2D eigenvalue weighted by atomic mass is 10.2. The number of halogens is 3. The van der Waals surface area contributed by atoms with Crippen LogP contribution in [0.4, 0.5) is 0 Å². The molecule has 1 aromatic rings. The summed E-state index contributed by atoms with van der Waals surface area (Å²) in [5.41, 5.74) is 0.415. The van der Waals surface area contributed by atoms with Gasteiger partial charge >= 0.3 is 9.95 Å². The lowest BCUT2D eigenvalue weighted by Gasteiger charge is -2.13. The monoisotopic (exact) mass is 282 g/mol.